The Bertz CT molecular complexity index is 1810. The van der Waals surface area contributed by atoms with Gasteiger partial charge in [0, 0.05) is 35.6 Å². The molecule has 0 saturated carbocycles. The lowest BCUT2D eigenvalue weighted by atomic mass is 9.85. The number of sulfonamides is 1. The molecular formula is C32H35N3O4S. The van der Waals surface area contributed by atoms with Crippen molar-refractivity contribution in [3.05, 3.63) is 112 Å². The highest BCUT2D eigenvalue weighted by atomic mass is 32.2. The van der Waals surface area contributed by atoms with E-state index in [9.17, 15) is 18.3 Å². The fourth-order valence-corrected chi connectivity index (χ4v) is 6.79. The van der Waals surface area contributed by atoms with Gasteiger partial charge in [-0.25, -0.2) is 13.1 Å². The van der Waals surface area contributed by atoms with Gasteiger partial charge in [0.15, 0.2) is 0 Å². The van der Waals surface area contributed by atoms with E-state index < -0.39 is 15.9 Å². The van der Waals surface area contributed by atoms with Crippen LogP contribution in [-0.2, 0) is 23.5 Å². The summed E-state index contributed by atoms with van der Waals surface area (Å²) >= 11 is 0. The van der Waals surface area contributed by atoms with Crippen molar-refractivity contribution >= 4 is 31.8 Å². The molecule has 0 fully saturated rings. The maximum atomic E-state index is 13.9. The second kappa shape index (κ2) is 11.7. The lowest BCUT2D eigenvalue weighted by Gasteiger charge is -2.22. The number of aromatic nitrogens is 2. The second-order valence-electron chi connectivity index (χ2n) is 10.2. The van der Waals surface area contributed by atoms with Crippen LogP contribution in [0.15, 0.2) is 83.7 Å². The number of hydrogen-bond acceptors (Lipinski definition) is 4. The van der Waals surface area contributed by atoms with Crippen LogP contribution >= 0.6 is 0 Å². The topological polar surface area (TPSA) is 104 Å². The number of fused-ring (bicyclic) bond motifs is 2. The molecule has 0 spiro atoms. The van der Waals surface area contributed by atoms with Gasteiger partial charge in [0.2, 0.25) is 10.0 Å². The SMILES string of the molecule is CCCCS(=O)(=O)NCCCc1c(C(c2ccccc2)c2c(O)c3ccccc3n(C)c2=O)[nH]c2ccccc12. The third kappa shape index (κ3) is 5.42. The quantitative estimate of drug-likeness (QED) is 0.185. The van der Waals surface area contributed by atoms with Crippen molar-refractivity contribution in [1.82, 2.24) is 14.3 Å². The first-order chi connectivity index (χ1) is 19.3. The molecule has 3 N–H and O–H groups in total. The number of aromatic hydroxyl groups is 1. The van der Waals surface area contributed by atoms with Gasteiger partial charge >= 0.3 is 0 Å². The molecule has 0 aliphatic carbocycles. The molecule has 0 radical (unpaired) electrons. The highest BCUT2D eigenvalue weighted by molar-refractivity contribution is 7.89. The molecule has 40 heavy (non-hydrogen) atoms. The molecule has 8 heteroatoms. The minimum atomic E-state index is -3.31. The van der Waals surface area contributed by atoms with Gasteiger partial charge in [-0.2, -0.15) is 0 Å². The van der Waals surface area contributed by atoms with Gasteiger partial charge in [0.05, 0.1) is 22.8 Å². The Balaban J connectivity index is 1.64. The number of aryl methyl sites for hydroxylation is 2. The van der Waals surface area contributed by atoms with E-state index in [2.05, 4.69) is 9.71 Å². The van der Waals surface area contributed by atoms with Crippen molar-refractivity contribution in [2.24, 2.45) is 7.05 Å². The first-order valence-corrected chi connectivity index (χ1v) is 15.4. The van der Waals surface area contributed by atoms with Crippen LogP contribution in [0.1, 0.15) is 54.5 Å². The summed E-state index contributed by atoms with van der Waals surface area (Å²) in [7, 11) is -1.58. The Kier molecular flexibility index (Phi) is 8.09. The van der Waals surface area contributed by atoms with Gasteiger partial charge in [-0.05, 0) is 48.6 Å². The van der Waals surface area contributed by atoms with Crippen LogP contribution in [0, 0.1) is 0 Å². The van der Waals surface area contributed by atoms with Gasteiger partial charge < -0.3 is 14.7 Å². The Morgan fingerprint density at radius 1 is 0.925 bits per heavy atom. The average molecular weight is 558 g/mol. The van der Waals surface area contributed by atoms with Crippen molar-refractivity contribution in [2.75, 3.05) is 12.3 Å². The zero-order valence-electron chi connectivity index (χ0n) is 22.9. The lowest BCUT2D eigenvalue weighted by Crippen LogP contribution is -2.27. The number of pyridine rings is 1. The highest BCUT2D eigenvalue weighted by Gasteiger charge is 2.30. The third-order valence-electron chi connectivity index (χ3n) is 7.56. The van der Waals surface area contributed by atoms with E-state index in [1.165, 1.54) is 0 Å². The molecule has 0 amide bonds. The summed E-state index contributed by atoms with van der Waals surface area (Å²) < 4.78 is 29.0. The van der Waals surface area contributed by atoms with Crippen molar-refractivity contribution in [3.63, 3.8) is 0 Å². The van der Waals surface area contributed by atoms with Crippen molar-refractivity contribution in [3.8, 4) is 5.75 Å². The molecule has 5 aromatic rings. The predicted molar refractivity (Wildman–Crippen MR) is 162 cm³/mol. The molecule has 1 atom stereocenters. The van der Waals surface area contributed by atoms with Crippen LogP contribution in [0.25, 0.3) is 21.8 Å². The Morgan fingerprint density at radius 2 is 1.60 bits per heavy atom. The minimum Gasteiger partial charge on any atom is -0.507 e. The summed E-state index contributed by atoms with van der Waals surface area (Å²) in [6, 6.07) is 25.0. The van der Waals surface area contributed by atoms with E-state index in [-0.39, 0.29) is 17.1 Å². The van der Waals surface area contributed by atoms with Crippen molar-refractivity contribution in [1.29, 1.82) is 0 Å². The Hall–Kier alpha value is -3.88. The zero-order chi connectivity index (χ0) is 28.3. The van der Waals surface area contributed by atoms with E-state index >= 15 is 0 Å². The molecule has 0 aliphatic rings. The van der Waals surface area contributed by atoms with E-state index in [4.69, 9.17) is 0 Å². The number of para-hydroxylation sites is 2. The smallest absolute Gasteiger partial charge is 0.258 e. The number of rotatable bonds is 11. The molecular weight excluding hydrogens is 522 g/mol. The zero-order valence-corrected chi connectivity index (χ0v) is 23.7. The number of aromatic amines is 1. The molecule has 0 aliphatic heterocycles. The summed E-state index contributed by atoms with van der Waals surface area (Å²) in [5, 5.41) is 13.2. The van der Waals surface area contributed by atoms with E-state index in [1.54, 1.807) is 11.6 Å². The maximum Gasteiger partial charge on any atom is 0.258 e. The molecule has 5 rings (SSSR count). The number of hydrogen-bond donors (Lipinski definition) is 3. The maximum absolute atomic E-state index is 13.9. The number of H-pyrrole nitrogens is 1. The third-order valence-corrected chi connectivity index (χ3v) is 9.03. The molecule has 208 valence electrons. The summed E-state index contributed by atoms with van der Waals surface area (Å²) in [5.74, 6) is -0.461. The fraction of sp³-hybridized carbons (Fsp3) is 0.281. The van der Waals surface area contributed by atoms with E-state index in [0.29, 0.717) is 42.3 Å². The summed E-state index contributed by atoms with van der Waals surface area (Å²) in [5.41, 5.74) is 4.33. The lowest BCUT2D eigenvalue weighted by molar-refractivity contribution is 0.470. The number of benzene rings is 3. The summed E-state index contributed by atoms with van der Waals surface area (Å²) in [4.78, 5) is 17.5. The molecule has 2 heterocycles. The number of unbranched alkanes of at least 4 members (excludes halogenated alkanes) is 1. The molecule has 0 saturated heterocycles. The van der Waals surface area contributed by atoms with Crippen LogP contribution in [0.2, 0.25) is 0 Å². The largest absolute Gasteiger partial charge is 0.507 e. The monoisotopic (exact) mass is 557 g/mol. The Morgan fingerprint density at radius 3 is 2.35 bits per heavy atom. The summed E-state index contributed by atoms with van der Waals surface area (Å²) in [6.07, 6.45) is 2.63. The van der Waals surface area contributed by atoms with Crippen molar-refractivity contribution < 1.29 is 13.5 Å². The van der Waals surface area contributed by atoms with Gasteiger partial charge in [-0.3, -0.25) is 4.79 Å². The van der Waals surface area contributed by atoms with Gasteiger partial charge in [-0.15, -0.1) is 0 Å². The first kappa shape index (κ1) is 27.7. The average Bonchev–Trinajstić information content (AvgIpc) is 3.33. The Labute approximate surface area is 234 Å². The van der Waals surface area contributed by atoms with E-state index in [1.807, 2.05) is 85.8 Å². The fourth-order valence-electron chi connectivity index (χ4n) is 5.52. The van der Waals surface area contributed by atoms with Gasteiger partial charge in [0.1, 0.15) is 5.75 Å². The van der Waals surface area contributed by atoms with Gasteiger partial charge in [-0.1, -0.05) is 74.0 Å². The van der Waals surface area contributed by atoms with Crippen LogP contribution in [-0.4, -0.2) is 35.4 Å². The minimum absolute atomic E-state index is 0.0270. The standard InChI is InChI=1S/C32H35N3O4S/c1-3-4-21-40(38,39)33-20-12-17-24-23-15-8-10-18-26(23)34-30(24)28(22-13-6-5-7-14-22)29-31(36)25-16-9-11-19-27(25)35(2)32(29)37/h5-11,13-16,18-19,28,33-34,36H,3-4,12,17,20-21H2,1-2H3. The van der Waals surface area contributed by atoms with Crippen LogP contribution in [0.4, 0.5) is 0 Å². The molecule has 7 nitrogen and oxygen atoms in total. The molecule has 2 aromatic heterocycles. The van der Waals surface area contributed by atoms with Crippen LogP contribution in [0.5, 0.6) is 5.75 Å². The van der Waals surface area contributed by atoms with Crippen LogP contribution in [0.3, 0.4) is 0 Å². The number of nitrogens with zero attached hydrogens (tertiary/aromatic N) is 1. The normalized spacial score (nSPS) is 12.8. The second-order valence-corrected chi connectivity index (χ2v) is 12.1. The highest BCUT2D eigenvalue weighted by Crippen LogP contribution is 2.41. The molecule has 3 aromatic carbocycles. The van der Waals surface area contributed by atoms with Gasteiger partial charge in [0.25, 0.3) is 5.56 Å². The van der Waals surface area contributed by atoms with E-state index in [0.717, 1.165) is 34.1 Å². The number of nitrogens with one attached hydrogen (secondary N) is 2. The van der Waals surface area contributed by atoms with Crippen molar-refractivity contribution in [2.45, 2.75) is 38.5 Å². The predicted octanol–water partition coefficient (Wildman–Crippen LogP) is 5.56. The first-order valence-electron chi connectivity index (χ1n) is 13.7. The summed E-state index contributed by atoms with van der Waals surface area (Å²) in [6.45, 7) is 2.29. The van der Waals surface area contributed by atoms with Crippen LogP contribution < -0.4 is 10.3 Å². The molecule has 0 bridgehead atoms. The molecule has 1 unspecified atom stereocenters.